The van der Waals surface area contributed by atoms with Crippen LogP contribution in [0.3, 0.4) is 0 Å². The van der Waals surface area contributed by atoms with E-state index < -0.39 is 5.91 Å². The number of hydrogen-bond acceptors (Lipinski definition) is 7. The number of oxime groups is 1. The molecule has 0 saturated heterocycles. The Hall–Kier alpha value is -3.23. The van der Waals surface area contributed by atoms with Gasteiger partial charge in [0.05, 0.1) is 5.56 Å². The summed E-state index contributed by atoms with van der Waals surface area (Å²) in [6, 6.07) is 4.41. The van der Waals surface area contributed by atoms with Crippen molar-refractivity contribution in [3.8, 4) is 11.8 Å². The van der Waals surface area contributed by atoms with Gasteiger partial charge in [-0.3, -0.25) is 14.6 Å². The molecular weight excluding hydrogens is 290 g/mol. The first-order valence-corrected chi connectivity index (χ1v) is 6.16. The molecule has 0 saturated carbocycles. The van der Waals surface area contributed by atoms with Gasteiger partial charge < -0.3 is 14.9 Å². The maximum Gasteiger partial charge on any atom is 0.273 e. The van der Waals surface area contributed by atoms with Crippen molar-refractivity contribution < 1.29 is 14.4 Å². The number of hydrogen-bond donors (Lipinski definition) is 2. The van der Waals surface area contributed by atoms with Gasteiger partial charge in [0, 0.05) is 19.3 Å². The summed E-state index contributed by atoms with van der Waals surface area (Å²) in [5.41, 5.74) is -0.169. The normalized spacial score (nSPS) is 10.9. The lowest BCUT2D eigenvalue weighted by atomic mass is 10.2. The number of pyridine rings is 1. The number of rotatable bonds is 5. The van der Waals surface area contributed by atoms with Crippen molar-refractivity contribution in [2.24, 2.45) is 5.16 Å². The highest BCUT2D eigenvalue weighted by Crippen LogP contribution is 2.20. The first kappa shape index (κ1) is 15.2. The molecule has 2 heterocycles. The summed E-state index contributed by atoms with van der Waals surface area (Å²) in [5.74, 6) is -0.277. The van der Waals surface area contributed by atoms with Crippen molar-refractivity contribution >= 4 is 11.6 Å². The molecule has 0 radical (unpaired) electrons. The molecule has 0 unspecified atom stereocenters. The molecule has 2 aromatic heterocycles. The van der Waals surface area contributed by atoms with Crippen LogP contribution in [0.4, 0.5) is 0 Å². The summed E-state index contributed by atoms with van der Waals surface area (Å²) < 4.78 is 5.49. The third-order valence-electron chi connectivity index (χ3n) is 2.50. The van der Waals surface area contributed by atoms with Crippen molar-refractivity contribution in [2.45, 2.75) is 0 Å². The number of carbonyl (C=O) groups is 1. The van der Waals surface area contributed by atoms with E-state index in [1.54, 1.807) is 6.07 Å². The second kappa shape index (κ2) is 6.97. The van der Waals surface area contributed by atoms with Crippen LogP contribution >= 0.6 is 0 Å². The molecule has 2 rings (SSSR count). The number of amides is 1. The first-order valence-electron chi connectivity index (χ1n) is 6.16. The molecule has 22 heavy (non-hydrogen) atoms. The van der Waals surface area contributed by atoms with E-state index >= 15 is 0 Å². The number of ether oxygens (including phenoxy) is 1. The minimum atomic E-state index is -0.497. The number of nitrogens with one attached hydrogen (secondary N) is 2. The summed E-state index contributed by atoms with van der Waals surface area (Å²) in [6.45, 7) is 0. The number of likely N-dealkylation sites (N-methyl/N-ethyl adjacent to an activating group) is 1. The summed E-state index contributed by atoms with van der Waals surface area (Å²) in [6.07, 6.45) is 2.60. The Balaban J connectivity index is 2.43. The fourth-order valence-electron chi connectivity index (χ4n) is 1.58. The van der Waals surface area contributed by atoms with Crippen LogP contribution < -0.4 is 15.6 Å². The highest BCUT2D eigenvalue weighted by molar-refractivity contribution is 6.45. The predicted molar refractivity (Wildman–Crippen MR) is 76.8 cm³/mol. The van der Waals surface area contributed by atoms with Gasteiger partial charge in [-0.1, -0.05) is 11.2 Å². The number of nitrogens with zero attached hydrogens (tertiary/aromatic N) is 3. The molecule has 0 aliphatic carbocycles. The molecule has 2 N–H and O–H groups in total. The standard InChI is InChI=1S/C13H13N5O4/c1-14-12(20)11(18-21-2)8-6-15-7-16-13(8)22-10-5-3-4-9(19)17-10/h3-7H,1-2H3,(H,14,20)(H,17,19)/b18-11+. The zero-order valence-corrected chi connectivity index (χ0v) is 11.9. The van der Waals surface area contributed by atoms with E-state index in [9.17, 15) is 9.59 Å². The van der Waals surface area contributed by atoms with Crippen LogP contribution in [0.15, 0.2) is 40.7 Å². The molecule has 0 fully saturated rings. The molecule has 9 heteroatoms. The molecule has 0 atom stereocenters. The first-order chi connectivity index (χ1) is 10.7. The van der Waals surface area contributed by atoms with Crippen LogP contribution in [0.25, 0.3) is 0 Å². The van der Waals surface area contributed by atoms with E-state index in [4.69, 9.17) is 4.74 Å². The van der Waals surface area contributed by atoms with Gasteiger partial charge in [0.1, 0.15) is 13.4 Å². The SMILES string of the molecule is CNC(=O)/C(=N/OC)c1cncnc1Oc1cccc(=O)[nH]1. The molecule has 9 nitrogen and oxygen atoms in total. The van der Waals surface area contributed by atoms with E-state index in [0.29, 0.717) is 0 Å². The van der Waals surface area contributed by atoms with Crippen molar-refractivity contribution in [1.82, 2.24) is 20.3 Å². The summed E-state index contributed by atoms with van der Waals surface area (Å²) in [4.78, 5) is 38.1. The second-order valence-electron chi connectivity index (χ2n) is 3.92. The average molecular weight is 303 g/mol. The third kappa shape index (κ3) is 3.45. The zero-order valence-electron chi connectivity index (χ0n) is 11.9. The van der Waals surface area contributed by atoms with E-state index in [1.807, 2.05) is 0 Å². The lowest BCUT2D eigenvalue weighted by Crippen LogP contribution is -2.29. The van der Waals surface area contributed by atoms with Gasteiger partial charge in [-0.05, 0) is 6.07 Å². The Morgan fingerprint density at radius 3 is 2.91 bits per heavy atom. The predicted octanol–water partition coefficient (Wildman–Crippen LogP) is 0.0537. The molecular formula is C13H13N5O4. The Morgan fingerprint density at radius 2 is 2.23 bits per heavy atom. The molecule has 0 aliphatic heterocycles. The Labute approximate surface area is 125 Å². The van der Waals surface area contributed by atoms with Gasteiger partial charge >= 0.3 is 0 Å². The molecule has 2 aromatic rings. The molecule has 1 amide bonds. The molecule has 114 valence electrons. The largest absolute Gasteiger partial charge is 0.422 e. The van der Waals surface area contributed by atoms with E-state index in [0.717, 1.165) is 0 Å². The molecule has 0 spiro atoms. The van der Waals surface area contributed by atoms with E-state index in [1.165, 1.54) is 38.8 Å². The minimum Gasteiger partial charge on any atom is -0.422 e. The van der Waals surface area contributed by atoms with Crippen molar-refractivity contribution in [3.63, 3.8) is 0 Å². The van der Waals surface area contributed by atoms with Gasteiger partial charge in [0.25, 0.3) is 11.5 Å². The minimum absolute atomic E-state index is 0.0521. The number of aromatic nitrogens is 3. The maximum atomic E-state index is 11.9. The summed E-state index contributed by atoms with van der Waals surface area (Å²) in [5, 5.41) is 6.09. The maximum absolute atomic E-state index is 11.9. The Bertz CT molecular complexity index is 756. The third-order valence-corrected chi connectivity index (χ3v) is 2.50. The van der Waals surface area contributed by atoms with Crippen molar-refractivity contribution in [3.05, 3.63) is 46.6 Å². The second-order valence-corrected chi connectivity index (χ2v) is 3.92. The number of aromatic amines is 1. The van der Waals surface area contributed by atoms with Crippen LogP contribution in [0.1, 0.15) is 5.56 Å². The highest BCUT2D eigenvalue weighted by Gasteiger charge is 2.20. The van der Waals surface area contributed by atoms with Gasteiger partial charge in [0.15, 0.2) is 5.71 Å². The van der Waals surface area contributed by atoms with Gasteiger partial charge in [-0.15, -0.1) is 0 Å². The Morgan fingerprint density at radius 1 is 1.41 bits per heavy atom. The fraction of sp³-hybridized carbons (Fsp3) is 0.154. The molecule has 0 aliphatic rings. The average Bonchev–Trinajstić information content (AvgIpc) is 2.53. The van der Waals surface area contributed by atoms with Gasteiger partial charge in [-0.25, -0.2) is 9.97 Å². The molecule has 0 aromatic carbocycles. The Kier molecular flexibility index (Phi) is 4.81. The van der Waals surface area contributed by atoms with Crippen molar-refractivity contribution in [2.75, 3.05) is 14.2 Å². The zero-order chi connectivity index (χ0) is 15.9. The van der Waals surface area contributed by atoms with Crippen LogP contribution in [0.2, 0.25) is 0 Å². The van der Waals surface area contributed by atoms with Crippen LogP contribution in [-0.2, 0) is 9.63 Å². The quantitative estimate of drug-likeness (QED) is 0.595. The molecule has 0 bridgehead atoms. The smallest absolute Gasteiger partial charge is 0.273 e. The van der Waals surface area contributed by atoms with Crippen molar-refractivity contribution in [1.29, 1.82) is 0 Å². The monoisotopic (exact) mass is 303 g/mol. The van der Waals surface area contributed by atoms with Gasteiger partial charge in [-0.2, -0.15) is 0 Å². The van der Waals surface area contributed by atoms with Crippen LogP contribution in [0.5, 0.6) is 11.8 Å². The summed E-state index contributed by atoms with van der Waals surface area (Å²) in [7, 11) is 2.76. The van der Waals surface area contributed by atoms with Gasteiger partial charge in [0.2, 0.25) is 11.8 Å². The number of H-pyrrole nitrogens is 1. The number of carbonyl (C=O) groups excluding carboxylic acids is 1. The topological polar surface area (TPSA) is 119 Å². The lowest BCUT2D eigenvalue weighted by Gasteiger charge is -2.09. The lowest BCUT2D eigenvalue weighted by molar-refractivity contribution is -0.114. The van der Waals surface area contributed by atoms with Crippen LogP contribution in [-0.4, -0.2) is 40.7 Å². The summed E-state index contributed by atoms with van der Waals surface area (Å²) >= 11 is 0. The fourth-order valence-corrected chi connectivity index (χ4v) is 1.58. The van der Waals surface area contributed by atoms with E-state index in [-0.39, 0.29) is 28.6 Å². The van der Waals surface area contributed by atoms with Crippen LogP contribution in [0, 0.1) is 0 Å². The van der Waals surface area contributed by atoms with E-state index in [2.05, 4.69) is 30.3 Å². The highest BCUT2D eigenvalue weighted by atomic mass is 16.6.